The van der Waals surface area contributed by atoms with Crippen molar-refractivity contribution in [3.63, 3.8) is 0 Å². The lowest BCUT2D eigenvalue weighted by Crippen LogP contribution is -2.44. The zero-order valence-corrected chi connectivity index (χ0v) is 17.6. The number of nitrogens with zero attached hydrogens (tertiary/aromatic N) is 2. The van der Waals surface area contributed by atoms with Crippen LogP contribution in [-0.2, 0) is 11.3 Å². The maximum atomic E-state index is 13.3. The number of hydrogen-bond acceptors (Lipinski definition) is 3. The summed E-state index contributed by atoms with van der Waals surface area (Å²) < 4.78 is 5.43. The Morgan fingerprint density at radius 2 is 1.73 bits per heavy atom. The Labute approximate surface area is 182 Å². The number of carbonyl (C=O) groups is 1. The predicted molar refractivity (Wildman–Crippen MR) is 122 cm³/mol. The minimum Gasteiger partial charge on any atom is -0.379 e. The fourth-order valence-corrected chi connectivity index (χ4v) is 3.90. The van der Waals surface area contributed by atoms with Crippen molar-refractivity contribution < 1.29 is 9.53 Å². The summed E-state index contributed by atoms with van der Waals surface area (Å²) in [6, 6.07) is 21.6. The molecule has 30 heavy (non-hydrogen) atoms. The van der Waals surface area contributed by atoms with E-state index in [0.29, 0.717) is 18.1 Å². The minimum absolute atomic E-state index is 0.125. The second kappa shape index (κ2) is 9.94. The zero-order chi connectivity index (χ0) is 20.8. The fourth-order valence-electron chi connectivity index (χ4n) is 3.70. The average Bonchev–Trinajstić information content (AvgIpc) is 2.78. The molecule has 5 nitrogen and oxygen atoms in total. The molecule has 0 bridgehead atoms. The first-order valence-corrected chi connectivity index (χ1v) is 10.7. The van der Waals surface area contributed by atoms with E-state index in [1.807, 2.05) is 71.6 Å². The van der Waals surface area contributed by atoms with Crippen LogP contribution in [0, 0.1) is 0 Å². The Hall–Kier alpha value is -2.60. The Bertz CT molecular complexity index is 999. The summed E-state index contributed by atoms with van der Waals surface area (Å²) in [4.78, 5) is 17.4. The van der Waals surface area contributed by atoms with Gasteiger partial charge in [0, 0.05) is 43.1 Å². The van der Waals surface area contributed by atoms with E-state index in [2.05, 4.69) is 10.2 Å². The van der Waals surface area contributed by atoms with Gasteiger partial charge in [-0.3, -0.25) is 4.90 Å². The van der Waals surface area contributed by atoms with Gasteiger partial charge in [-0.05, 0) is 23.1 Å². The van der Waals surface area contributed by atoms with Gasteiger partial charge in [-0.25, -0.2) is 4.79 Å². The number of carbonyl (C=O) groups excluding carboxylic acids is 1. The fraction of sp³-hybridized carbons (Fsp3) is 0.292. The van der Waals surface area contributed by atoms with E-state index < -0.39 is 0 Å². The zero-order valence-electron chi connectivity index (χ0n) is 16.9. The highest BCUT2D eigenvalue weighted by Gasteiger charge is 2.19. The number of anilines is 1. The highest BCUT2D eigenvalue weighted by molar-refractivity contribution is 6.31. The van der Waals surface area contributed by atoms with E-state index >= 15 is 0 Å². The van der Waals surface area contributed by atoms with Crippen LogP contribution in [0.4, 0.5) is 10.5 Å². The van der Waals surface area contributed by atoms with Gasteiger partial charge in [0.25, 0.3) is 0 Å². The van der Waals surface area contributed by atoms with Crippen molar-refractivity contribution in [2.75, 3.05) is 44.7 Å². The van der Waals surface area contributed by atoms with Crippen LogP contribution < -0.4 is 5.32 Å². The van der Waals surface area contributed by atoms with Crippen LogP contribution in [0.5, 0.6) is 0 Å². The Balaban J connectivity index is 1.52. The molecule has 1 N–H and O–H groups in total. The number of benzene rings is 3. The van der Waals surface area contributed by atoms with Gasteiger partial charge < -0.3 is 15.0 Å². The molecular weight excluding hydrogens is 398 g/mol. The van der Waals surface area contributed by atoms with Crippen LogP contribution in [0.25, 0.3) is 10.8 Å². The largest absolute Gasteiger partial charge is 0.379 e. The molecule has 0 unspecified atom stereocenters. The third kappa shape index (κ3) is 5.11. The summed E-state index contributed by atoms with van der Waals surface area (Å²) in [5, 5.41) is 5.91. The van der Waals surface area contributed by atoms with Crippen molar-refractivity contribution in [2.45, 2.75) is 6.54 Å². The number of ether oxygens (including phenoxy) is 1. The Kier molecular flexibility index (Phi) is 6.84. The van der Waals surface area contributed by atoms with Crippen molar-refractivity contribution >= 4 is 34.1 Å². The molecule has 3 aromatic carbocycles. The molecular formula is C24H26ClN3O2. The third-order valence-electron chi connectivity index (χ3n) is 5.43. The van der Waals surface area contributed by atoms with Gasteiger partial charge in [0.1, 0.15) is 0 Å². The monoisotopic (exact) mass is 423 g/mol. The summed E-state index contributed by atoms with van der Waals surface area (Å²) in [5.41, 5.74) is 1.75. The van der Waals surface area contributed by atoms with E-state index in [4.69, 9.17) is 16.3 Å². The predicted octanol–water partition coefficient (Wildman–Crippen LogP) is 4.86. The molecule has 0 aromatic heterocycles. The van der Waals surface area contributed by atoms with Crippen molar-refractivity contribution in [2.24, 2.45) is 0 Å². The molecule has 1 saturated heterocycles. The first-order valence-electron chi connectivity index (χ1n) is 10.3. The second-order valence-electron chi connectivity index (χ2n) is 7.42. The molecule has 0 spiro atoms. The van der Waals surface area contributed by atoms with Gasteiger partial charge >= 0.3 is 6.03 Å². The molecule has 1 heterocycles. The molecule has 6 heteroatoms. The molecule has 4 rings (SSSR count). The van der Waals surface area contributed by atoms with Crippen LogP contribution in [0.2, 0.25) is 5.02 Å². The molecule has 1 fully saturated rings. The van der Waals surface area contributed by atoms with E-state index in [0.717, 1.165) is 54.9 Å². The summed E-state index contributed by atoms with van der Waals surface area (Å²) in [6.07, 6.45) is 0. The molecule has 0 atom stereocenters. The number of hydrogen-bond donors (Lipinski definition) is 1. The molecule has 1 aliphatic rings. The van der Waals surface area contributed by atoms with Crippen LogP contribution >= 0.6 is 11.6 Å². The maximum Gasteiger partial charge on any atom is 0.322 e. The number of amides is 2. The van der Waals surface area contributed by atoms with Gasteiger partial charge in [0.05, 0.1) is 18.9 Å². The number of morpholine rings is 1. The van der Waals surface area contributed by atoms with Gasteiger partial charge in [0.2, 0.25) is 0 Å². The quantitative estimate of drug-likeness (QED) is 0.615. The maximum absolute atomic E-state index is 13.3. The topological polar surface area (TPSA) is 44.8 Å². The molecule has 0 aliphatic carbocycles. The minimum atomic E-state index is -0.125. The second-order valence-corrected chi connectivity index (χ2v) is 7.83. The molecule has 156 valence electrons. The number of halogens is 1. The summed E-state index contributed by atoms with van der Waals surface area (Å²) >= 11 is 6.37. The van der Waals surface area contributed by atoms with Gasteiger partial charge in [-0.15, -0.1) is 0 Å². The number of nitrogens with one attached hydrogen (secondary N) is 1. The van der Waals surface area contributed by atoms with Gasteiger partial charge in [0.15, 0.2) is 0 Å². The van der Waals surface area contributed by atoms with Crippen molar-refractivity contribution in [3.05, 3.63) is 77.3 Å². The lowest BCUT2D eigenvalue weighted by Gasteiger charge is -2.30. The first kappa shape index (κ1) is 20.7. The standard InChI is InChI=1S/C24H26ClN3O2/c25-22-10-4-2-7-20(22)18-28(13-12-27-14-16-30-17-15-27)24(29)26-23-11-5-8-19-6-1-3-9-21(19)23/h1-11H,12-18H2,(H,26,29). The van der Waals surface area contributed by atoms with Crippen LogP contribution in [0.15, 0.2) is 66.7 Å². The Morgan fingerprint density at radius 3 is 2.57 bits per heavy atom. The lowest BCUT2D eigenvalue weighted by atomic mass is 10.1. The first-order chi connectivity index (χ1) is 14.7. The molecule has 0 radical (unpaired) electrons. The smallest absolute Gasteiger partial charge is 0.322 e. The summed E-state index contributed by atoms with van der Waals surface area (Å²) in [5.74, 6) is 0. The van der Waals surface area contributed by atoms with Gasteiger partial charge in [-0.1, -0.05) is 66.2 Å². The number of fused-ring (bicyclic) bond motifs is 1. The highest BCUT2D eigenvalue weighted by Crippen LogP contribution is 2.24. The lowest BCUT2D eigenvalue weighted by molar-refractivity contribution is 0.0349. The molecule has 0 saturated carbocycles. The van der Waals surface area contributed by atoms with Crippen LogP contribution in [0.1, 0.15) is 5.56 Å². The highest BCUT2D eigenvalue weighted by atomic mass is 35.5. The van der Waals surface area contributed by atoms with E-state index in [9.17, 15) is 4.79 Å². The van der Waals surface area contributed by atoms with Gasteiger partial charge in [-0.2, -0.15) is 0 Å². The average molecular weight is 424 g/mol. The molecule has 1 aliphatic heterocycles. The molecule has 3 aromatic rings. The SMILES string of the molecule is O=C(Nc1cccc2ccccc12)N(CCN1CCOCC1)Cc1ccccc1Cl. The van der Waals surface area contributed by atoms with Crippen LogP contribution in [-0.4, -0.2) is 55.2 Å². The van der Waals surface area contributed by atoms with Crippen LogP contribution in [0.3, 0.4) is 0 Å². The third-order valence-corrected chi connectivity index (χ3v) is 5.80. The van der Waals surface area contributed by atoms with E-state index in [1.165, 1.54) is 0 Å². The summed E-state index contributed by atoms with van der Waals surface area (Å²) in [7, 11) is 0. The number of rotatable bonds is 6. The summed E-state index contributed by atoms with van der Waals surface area (Å²) in [6.45, 7) is 5.15. The van der Waals surface area contributed by atoms with Crippen molar-refractivity contribution in [3.8, 4) is 0 Å². The Morgan fingerprint density at radius 1 is 1.00 bits per heavy atom. The normalized spacial score (nSPS) is 14.6. The van der Waals surface area contributed by atoms with Crippen molar-refractivity contribution in [1.29, 1.82) is 0 Å². The molecule has 2 amide bonds. The number of urea groups is 1. The van der Waals surface area contributed by atoms with E-state index in [1.54, 1.807) is 0 Å². The van der Waals surface area contributed by atoms with E-state index in [-0.39, 0.29) is 6.03 Å². The van der Waals surface area contributed by atoms with Crippen molar-refractivity contribution in [1.82, 2.24) is 9.80 Å².